The standard InChI is InChI=1S/C12H13FO2/c1-2-3-10(14)12-6-8-4-5-9(13)7-11(8)15-12/h4-5,7,12H,2-3,6H2,1H3. The van der Waals surface area contributed by atoms with Crippen LogP contribution < -0.4 is 4.74 Å². The van der Waals surface area contributed by atoms with Crippen LogP contribution in [-0.4, -0.2) is 11.9 Å². The summed E-state index contributed by atoms with van der Waals surface area (Å²) in [5.74, 6) is 0.302. The van der Waals surface area contributed by atoms with Crippen molar-refractivity contribution < 1.29 is 13.9 Å². The molecule has 2 rings (SSSR count). The van der Waals surface area contributed by atoms with Crippen molar-refractivity contribution in [1.29, 1.82) is 0 Å². The molecule has 80 valence electrons. The molecule has 3 heteroatoms. The van der Waals surface area contributed by atoms with Gasteiger partial charge >= 0.3 is 0 Å². The Morgan fingerprint density at radius 3 is 3.13 bits per heavy atom. The van der Waals surface area contributed by atoms with Crippen LogP contribution in [0.4, 0.5) is 4.39 Å². The van der Waals surface area contributed by atoms with Gasteiger partial charge in [0.1, 0.15) is 11.6 Å². The highest BCUT2D eigenvalue weighted by atomic mass is 19.1. The minimum absolute atomic E-state index is 0.106. The fourth-order valence-corrected chi connectivity index (χ4v) is 1.79. The van der Waals surface area contributed by atoms with Gasteiger partial charge in [0, 0.05) is 18.9 Å². The van der Waals surface area contributed by atoms with E-state index in [2.05, 4.69) is 0 Å². The van der Waals surface area contributed by atoms with Crippen molar-refractivity contribution in [2.75, 3.05) is 0 Å². The number of carbonyl (C=O) groups excluding carboxylic acids is 1. The first-order valence-corrected chi connectivity index (χ1v) is 5.18. The lowest BCUT2D eigenvalue weighted by Gasteiger charge is -2.07. The summed E-state index contributed by atoms with van der Waals surface area (Å²) >= 11 is 0. The fourth-order valence-electron chi connectivity index (χ4n) is 1.79. The number of hydrogen-bond donors (Lipinski definition) is 0. The number of Topliss-reactive ketones (excluding diaryl/α,β-unsaturated/α-hetero) is 1. The van der Waals surface area contributed by atoms with Gasteiger partial charge in [0.2, 0.25) is 0 Å². The number of ether oxygens (including phenoxy) is 1. The molecule has 1 aromatic rings. The highest BCUT2D eigenvalue weighted by Gasteiger charge is 2.28. The number of carbonyl (C=O) groups is 1. The van der Waals surface area contributed by atoms with E-state index < -0.39 is 6.10 Å². The quantitative estimate of drug-likeness (QED) is 0.762. The Labute approximate surface area is 88.1 Å². The van der Waals surface area contributed by atoms with Crippen molar-refractivity contribution in [1.82, 2.24) is 0 Å². The van der Waals surface area contributed by atoms with Crippen LogP contribution in [0.5, 0.6) is 5.75 Å². The summed E-state index contributed by atoms with van der Waals surface area (Å²) in [6, 6.07) is 4.42. The van der Waals surface area contributed by atoms with Crippen LogP contribution in [0.2, 0.25) is 0 Å². The van der Waals surface area contributed by atoms with E-state index in [0.717, 1.165) is 12.0 Å². The second kappa shape index (κ2) is 4.01. The molecular weight excluding hydrogens is 195 g/mol. The molecule has 0 bridgehead atoms. The number of hydrogen-bond acceptors (Lipinski definition) is 2. The lowest BCUT2D eigenvalue weighted by Crippen LogP contribution is -2.24. The van der Waals surface area contributed by atoms with Gasteiger partial charge in [0.05, 0.1) is 0 Å². The monoisotopic (exact) mass is 208 g/mol. The minimum Gasteiger partial charge on any atom is -0.482 e. The molecule has 1 unspecified atom stereocenters. The zero-order chi connectivity index (χ0) is 10.8. The average Bonchev–Trinajstić information content (AvgIpc) is 2.60. The summed E-state index contributed by atoms with van der Waals surface area (Å²) in [7, 11) is 0. The molecule has 0 aromatic heterocycles. The maximum atomic E-state index is 12.9. The molecule has 0 fully saturated rings. The Kier molecular flexibility index (Phi) is 2.71. The van der Waals surface area contributed by atoms with Crippen LogP contribution in [0.1, 0.15) is 25.3 Å². The molecule has 1 atom stereocenters. The van der Waals surface area contributed by atoms with Gasteiger partial charge in [-0.25, -0.2) is 4.39 Å². The predicted octanol–water partition coefficient (Wildman–Crippen LogP) is 2.50. The van der Waals surface area contributed by atoms with E-state index in [1.54, 1.807) is 6.07 Å². The lowest BCUT2D eigenvalue weighted by atomic mass is 10.0. The van der Waals surface area contributed by atoms with E-state index >= 15 is 0 Å². The Hall–Kier alpha value is -1.38. The Balaban J connectivity index is 2.12. The molecule has 0 spiro atoms. The van der Waals surface area contributed by atoms with E-state index in [1.165, 1.54) is 12.1 Å². The van der Waals surface area contributed by atoms with Gasteiger partial charge in [-0.3, -0.25) is 4.79 Å². The van der Waals surface area contributed by atoms with E-state index in [-0.39, 0.29) is 11.6 Å². The third-order valence-corrected chi connectivity index (χ3v) is 2.56. The molecule has 1 aliphatic heterocycles. The number of fused-ring (bicyclic) bond motifs is 1. The van der Waals surface area contributed by atoms with Crippen LogP contribution in [-0.2, 0) is 11.2 Å². The van der Waals surface area contributed by atoms with Crippen molar-refractivity contribution in [3.05, 3.63) is 29.6 Å². The SMILES string of the molecule is CCCC(=O)C1Cc2ccc(F)cc2O1. The smallest absolute Gasteiger partial charge is 0.173 e. The molecule has 0 N–H and O–H groups in total. The van der Waals surface area contributed by atoms with E-state index in [1.807, 2.05) is 6.92 Å². The first kappa shape index (κ1) is 10.1. The highest BCUT2D eigenvalue weighted by molar-refractivity contribution is 5.84. The number of benzene rings is 1. The van der Waals surface area contributed by atoms with Gasteiger partial charge < -0.3 is 4.74 Å². The zero-order valence-corrected chi connectivity index (χ0v) is 8.63. The summed E-state index contributed by atoms with van der Waals surface area (Å²) < 4.78 is 18.3. The number of rotatable bonds is 3. The highest BCUT2D eigenvalue weighted by Crippen LogP contribution is 2.30. The van der Waals surface area contributed by atoms with Gasteiger partial charge in [-0.1, -0.05) is 13.0 Å². The predicted molar refractivity (Wildman–Crippen MR) is 54.4 cm³/mol. The van der Waals surface area contributed by atoms with Crippen LogP contribution in [0.25, 0.3) is 0 Å². The minimum atomic E-state index is -0.401. The van der Waals surface area contributed by atoms with Gasteiger partial charge in [-0.2, -0.15) is 0 Å². The molecule has 1 heterocycles. The topological polar surface area (TPSA) is 26.3 Å². The van der Waals surface area contributed by atoms with E-state index in [9.17, 15) is 9.18 Å². The normalized spacial score (nSPS) is 18.4. The van der Waals surface area contributed by atoms with Crippen molar-refractivity contribution in [2.45, 2.75) is 32.3 Å². The van der Waals surface area contributed by atoms with Crippen LogP contribution in [0.3, 0.4) is 0 Å². The molecular formula is C12H13FO2. The third-order valence-electron chi connectivity index (χ3n) is 2.56. The molecule has 0 saturated heterocycles. The van der Waals surface area contributed by atoms with Crippen molar-refractivity contribution in [3.63, 3.8) is 0 Å². The number of halogens is 1. The molecule has 0 saturated carbocycles. The second-order valence-electron chi connectivity index (χ2n) is 3.78. The van der Waals surface area contributed by atoms with Gasteiger partial charge in [0.15, 0.2) is 11.9 Å². The third kappa shape index (κ3) is 2.01. The summed E-state index contributed by atoms with van der Waals surface area (Å²) in [6.45, 7) is 1.96. The Morgan fingerprint density at radius 1 is 1.60 bits per heavy atom. The van der Waals surface area contributed by atoms with Crippen LogP contribution in [0.15, 0.2) is 18.2 Å². The maximum Gasteiger partial charge on any atom is 0.173 e. The second-order valence-corrected chi connectivity index (χ2v) is 3.78. The molecule has 0 amide bonds. The molecule has 1 aromatic carbocycles. The first-order chi connectivity index (χ1) is 7.20. The van der Waals surface area contributed by atoms with Crippen molar-refractivity contribution in [3.8, 4) is 5.75 Å². The molecule has 1 aliphatic rings. The zero-order valence-electron chi connectivity index (χ0n) is 8.63. The van der Waals surface area contributed by atoms with E-state index in [0.29, 0.717) is 18.6 Å². The summed E-state index contributed by atoms with van der Waals surface area (Å²) in [5, 5.41) is 0. The molecule has 2 nitrogen and oxygen atoms in total. The van der Waals surface area contributed by atoms with Crippen LogP contribution in [0, 0.1) is 5.82 Å². The Morgan fingerprint density at radius 2 is 2.40 bits per heavy atom. The lowest BCUT2D eigenvalue weighted by molar-refractivity contribution is -0.125. The van der Waals surface area contributed by atoms with Gasteiger partial charge in [0.25, 0.3) is 0 Å². The van der Waals surface area contributed by atoms with Gasteiger partial charge in [-0.05, 0) is 18.1 Å². The van der Waals surface area contributed by atoms with Crippen molar-refractivity contribution >= 4 is 5.78 Å². The fraction of sp³-hybridized carbons (Fsp3) is 0.417. The molecule has 0 radical (unpaired) electrons. The maximum absolute atomic E-state index is 12.9. The largest absolute Gasteiger partial charge is 0.482 e. The van der Waals surface area contributed by atoms with Crippen molar-refractivity contribution in [2.24, 2.45) is 0 Å². The molecule has 0 aliphatic carbocycles. The Bertz CT molecular complexity index is 387. The first-order valence-electron chi connectivity index (χ1n) is 5.18. The summed E-state index contributed by atoms with van der Waals surface area (Å²) in [5.41, 5.74) is 0.922. The summed E-state index contributed by atoms with van der Waals surface area (Å²) in [6.07, 6.45) is 1.53. The number of ketones is 1. The van der Waals surface area contributed by atoms with Gasteiger partial charge in [-0.15, -0.1) is 0 Å². The van der Waals surface area contributed by atoms with E-state index in [4.69, 9.17) is 4.74 Å². The van der Waals surface area contributed by atoms with Crippen LogP contribution >= 0.6 is 0 Å². The average molecular weight is 208 g/mol. The summed E-state index contributed by atoms with van der Waals surface area (Å²) in [4.78, 5) is 11.6. The molecule has 15 heavy (non-hydrogen) atoms.